The standard InChI is InChI=1S/C18H24N4O2S/c1-21-13-14(12-19-21)18(24)20-15-7-9-22(10-8-15)17(23)6-2-4-16-5-3-11-25-16/h3,5,11-13,15H,2,4,6-10H2,1H3,(H,20,24). The van der Waals surface area contributed by atoms with Crippen LogP contribution in [0, 0.1) is 0 Å². The number of hydrogen-bond donors (Lipinski definition) is 1. The van der Waals surface area contributed by atoms with Crippen LogP contribution in [0.1, 0.15) is 40.9 Å². The maximum Gasteiger partial charge on any atom is 0.254 e. The van der Waals surface area contributed by atoms with E-state index in [-0.39, 0.29) is 17.9 Å². The Morgan fingerprint density at radius 1 is 1.36 bits per heavy atom. The van der Waals surface area contributed by atoms with Crippen LogP contribution in [0.15, 0.2) is 29.9 Å². The third kappa shape index (κ3) is 4.92. The first kappa shape index (κ1) is 17.7. The van der Waals surface area contributed by atoms with Gasteiger partial charge in [0.2, 0.25) is 5.91 Å². The van der Waals surface area contributed by atoms with Crippen molar-refractivity contribution in [1.82, 2.24) is 20.0 Å². The van der Waals surface area contributed by atoms with Gasteiger partial charge >= 0.3 is 0 Å². The summed E-state index contributed by atoms with van der Waals surface area (Å²) in [5, 5.41) is 9.13. The summed E-state index contributed by atoms with van der Waals surface area (Å²) in [5.74, 6) is 0.141. The van der Waals surface area contributed by atoms with Crippen LogP contribution in [0.3, 0.4) is 0 Å². The van der Waals surface area contributed by atoms with Crippen molar-refractivity contribution in [2.24, 2.45) is 7.05 Å². The summed E-state index contributed by atoms with van der Waals surface area (Å²) in [7, 11) is 1.79. The summed E-state index contributed by atoms with van der Waals surface area (Å²) in [6.45, 7) is 1.44. The molecule has 0 unspecified atom stereocenters. The van der Waals surface area contributed by atoms with Crippen molar-refractivity contribution in [1.29, 1.82) is 0 Å². The Balaban J connectivity index is 1.37. The molecular weight excluding hydrogens is 336 g/mol. The lowest BCUT2D eigenvalue weighted by Crippen LogP contribution is -2.46. The predicted molar refractivity (Wildman–Crippen MR) is 97.5 cm³/mol. The second-order valence-electron chi connectivity index (χ2n) is 6.46. The molecule has 0 aliphatic carbocycles. The Morgan fingerprint density at radius 3 is 2.80 bits per heavy atom. The molecule has 0 atom stereocenters. The van der Waals surface area contributed by atoms with Gasteiger partial charge in [-0.1, -0.05) is 6.07 Å². The zero-order valence-electron chi connectivity index (χ0n) is 14.5. The molecule has 6 nitrogen and oxygen atoms in total. The maximum atomic E-state index is 12.3. The van der Waals surface area contributed by atoms with Gasteiger partial charge < -0.3 is 10.2 Å². The number of amides is 2. The molecule has 7 heteroatoms. The fourth-order valence-corrected chi connectivity index (χ4v) is 3.86. The highest BCUT2D eigenvalue weighted by atomic mass is 32.1. The van der Waals surface area contributed by atoms with Gasteiger partial charge in [0.25, 0.3) is 5.91 Å². The summed E-state index contributed by atoms with van der Waals surface area (Å²) in [6, 6.07) is 4.29. The molecule has 1 fully saturated rings. The number of likely N-dealkylation sites (tertiary alicyclic amines) is 1. The normalized spacial score (nSPS) is 15.3. The summed E-state index contributed by atoms with van der Waals surface area (Å²) in [5.41, 5.74) is 0.578. The monoisotopic (exact) mass is 360 g/mol. The summed E-state index contributed by atoms with van der Waals surface area (Å²) in [6.07, 6.45) is 7.37. The SMILES string of the molecule is Cn1cc(C(=O)NC2CCN(C(=O)CCCc3cccs3)CC2)cn1. The highest BCUT2D eigenvalue weighted by Crippen LogP contribution is 2.15. The van der Waals surface area contributed by atoms with E-state index in [1.807, 2.05) is 11.0 Å². The largest absolute Gasteiger partial charge is 0.349 e. The number of aryl methyl sites for hydroxylation is 2. The molecule has 3 heterocycles. The van der Waals surface area contributed by atoms with Crippen molar-refractivity contribution in [2.45, 2.75) is 38.1 Å². The molecule has 25 heavy (non-hydrogen) atoms. The minimum Gasteiger partial charge on any atom is -0.349 e. The number of hydrogen-bond acceptors (Lipinski definition) is 4. The van der Waals surface area contributed by atoms with Gasteiger partial charge in [0.15, 0.2) is 0 Å². The molecule has 134 valence electrons. The molecule has 0 spiro atoms. The van der Waals surface area contributed by atoms with Crippen LogP contribution in [0.5, 0.6) is 0 Å². The minimum absolute atomic E-state index is 0.0891. The molecule has 1 N–H and O–H groups in total. The number of nitrogens with one attached hydrogen (secondary N) is 1. The highest BCUT2D eigenvalue weighted by molar-refractivity contribution is 7.09. The number of carbonyl (C=O) groups is 2. The Labute approximate surface area is 151 Å². The predicted octanol–water partition coefficient (Wildman–Crippen LogP) is 2.23. The van der Waals surface area contributed by atoms with Crippen LogP contribution in [0.25, 0.3) is 0 Å². The van der Waals surface area contributed by atoms with E-state index in [1.54, 1.807) is 35.5 Å². The van der Waals surface area contributed by atoms with Gasteiger partial charge in [-0.2, -0.15) is 5.10 Å². The zero-order chi connectivity index (χ0) is 17.6. The summed E-state index contributed by atoms with van der Waals surface area (Å²) in [4.78, 5) is 27.7. The summed E-state index contributed by atoms with van der Waals surface area (Å²) < 4.78 is 1.62. The second-order valence-corrected chi connectivity index (χ2v) is 7.50. The first-order valence-electron chi connectivity index (χ1n) is 8.71. The number of piperidine rings is 1. The molecule has 3 rings (SSSR count). The molecule has 0 bridgehead atoms. The van der Waals surface area contributed by atoms with E-state index in [0.717, 1.165) is 38.8 Å². The van der Waals surface area contributed by atoms with E-state index >= 15 is 0 Å². The first-order chi connectivity index (χ1) is 12.1. The molecule has 2 aromatic rings. The van der Waals surface area contributed by atoms with Crippen LogP contribution < -0.4 is 5.32 Å². The Bertz CT molecular complexity index is 702. The maximum absolute atomic E-state index is 12.3. The van der Waals surface area contributed by atoms with Crippen molar-refractivity contribution in [3.05, 3.63) is 40.3 Å². The number of rotatable bonds is 6. The smallest absolute Gasteiger partial charge is 0.254 e. The average molecular weight is 360 g/mol. The van der Waals surface area contributed by atoms with Gasteiger partial charge in [0.1, 0.15) is 0 Å². The van der Waals surface area contributed by atoms with Crippen LogP contribution in [-0.4, -0.2) is 45.6 Å². The van der Waals surface area contributed by atoms with Gasteiger partial charge in [-0.15, -0.1) is 11.3 Å². The molecule has 1 aliphatic rings. The van der Waals surface area contributed by atoms with Crippen molar-refractivity contribution >= 4 is 23.2 Å². The third-order valence-electron chi connectivity index (χ3n) is 4.54. The van der Waals surface area contributed by atoms with Gasteiger partial charge in [-0.3, -0.25) is 14.3 Å². The molecule has 0 radical (unpaired) electrons. The van der Waals surface area contributed by atoms with Crippen LogP contribution in [0.4, 0.5) is 0 Å². The molecule has 0 saturated carbocycles. The number of aromatic nitrogens is 2. The molecular formula is C18H24N4O2S. The van der Waals surface area contributed by atoms with Crippen LogP contribution in [0.2, 0.25) is 0 Å². The number of thiophene rings is 1. The minimum atomic E-state index is -0.0891. The Hall–Kier alpha value is -2.15. The van der Waals surface area contributed by atoms with Gasteiger partial charge in [0, 0.05) is 43.7 Å². The second kappa shape index (κ2) is 8.29. The summed E-state index contributed by atoms with van der Waals surface area (Å²) >= 11 is 1.74. The first-order valence-corrected chi connectivity index (χ1v) is 9.59. The highest BCUT2D eigenvalue weighted by Gasteiger charge is 2.24. The zero-order valence-corrected chi connectivity index (χ0v) is 15.3. The van der Waals surface area contributed by atoms with Crippen molar-refractivity contribution in [2.75, 3.05) is 13.1 Å². The lowest BCUT2D eigenvalue weighted by atomic mass is 10.0. The number of carbonyl (C=O) groups excluding carboxylic acids is 2. The topological polar surface area (TPSA) is 67.2 Å². The molecule has 2 aromatic heterocycles. The van der Waals surface area contributed by atoms with Crippen molar-refractivity contribution < 1.29 is 9.59 Å². The molecule has 1 aliphatic heterocycles. The van der Waals surface area contributed by atoms with E-state index in [2.05, 4.69) is 21.9 Å². The van der Waals surface area contributed by atoms with Crippen LogP contribution >= 0.6 is 11.3 Å². The van der Waals surface area contributed by atoms with E-state index in [1.165, 1.54) is 4.88 Å². The van der Waals surface area contributed by atoms with Gasteiger partial charge in [-0.05, 0) is 37.1 Å². The van der Waals surface area contributed by atoms with E-state index in [9.17, 15) is 9.59 Å². The van der Waals surface area contributed by atoms with Gasteiger partial charge in [0.05, 0.1) is 11.8 Å². The van der Waals surface area contributed by atoms with Crippen molar-refractivity contribution in [3.63, 3.8) is 0 Å². The molecule has 2 amide bonds. The quantitative estimate of drug-likeness (QED) is 0.859. The fourth-order valence-electron chi connectivity index (χ4n) is 3.11. The molecule has 1 saturated heterocycles. The number of nitrogens with zero attached hydrogens (tertiary/aromatic N) is 3. The van der Waals surface area contributed by atoms with E-state index < -0.39 is 0 Å². The van der Waals surface area contributed by atoms with E-state index in [4.69, 9.17) is 0 Å². The fraction of sp³-hybridized carbons (Fsp3) is 0.500. The Kier molecular flexibility index (Phi) is 5.86. The van der Waals surface area contributed by atoms with Crippen molar-refractivity contribution in [3.8, 4) is 0 Å². The Morgan fingerprint density at radius 2 is 2.16 bits per heavy atom. The van der Waals surface area contributed by atoms with Gasteiger partial charge in [-0.25, -0.2) is 0 Å². The lowest BCUT2D eigenvalue weighted by molar-refractivity contribution is -0.132. The van der Waals surface area contributed by atoms with E-state index in [0.29, 0.717) is 12.0 Å². The van der Waals surface area contributed by atoms with Crippen LogP contribution in [-0.2, 0) is 18.3 Å². The lowest BCUT2D eigenvalue weighted by Gasteiger charge is -2.32. The third-order valence-corrected chi connectivity index (χ3v) is 5.48. The molecule has 0 aromatic carbocycles. The average Bonchev–Trinajstić information content (AvgIpc) is 3.27.